The van der Waals surface area contributed by atoms with Crippen LogP contribution in [0.2, 0.25) is 0 Å². The molecule has 2 bridgehead atoms. The number of esters is 1. The van der Waals surface area contributed by atoms with Gasteiger partial charge in [0.15, 0.2) is 6.10 Å². The van der Waals surface area contributed by atoms with E-state index in [1.807, 2.05) is 85.8 Å². The number of fused-ring (bicyclic) bond motifs is 5. The fraction of sp³-hybridized carbons (Fsp3) is 0.387. The van der Waals surface area contributed by atoms with Crippen molar-refractivity contribution in [3.63, 3.8) is 0 Å². The van der Waals surface area contributed by atoms with Crippen LogP contribution < -0.4 is 26.5 Å². The number of carbonyl (C=O) groups excluding carboxylic acids is 1. The van der Waals surface area contributed by atoms with Gasteiger partial charge in [0.05, 0.1) is 26.2 Å². The minimum Gasteiger partial charge on any atom is -1.00 e. The summed E-state index contributed by atoms with van der Waals surface area (Å²) in [5.74, 6) is 2.66. The highest BCUT2D eigenvalue weighted by Crippen LogP contribution is 2.49. The fourth-order valence-corrected chi connectivity index (χ4v) is 6.45. The standard InChI is InChI=1S/C31H34NO4.BrH/c1-31(25-12-5-7-14-27(25)35-28-15-8-6-13-26(28)31)30(33)36-29-22-32(19-16-23(29)17-20-32)18-9-21-34-24-10-3-2-4-11-24;/h2-8,10-15,23,29H,9,16-22H2,1H3;1H/q+1;/p-1/t23?,29-,32?;/m0./s1. The lowest BCUT2D eigenvalue weighted by Gasteiger charge is -2.52. The third kappa shape index (κ3) is 4.77. The van der Waals surface area contributed by atoms with E-state index < -0.39 is 5.41 Å². The van der Waals surface area contributed by atoms with Gasteiger partial charge < -0.3 is 35.7 Å². The van der Waals surface area contributed by atoms with Crippen molar-refractivity contribution in [2.45, 2.75) is 37.7 Å². The van der Waals surface area contributed by atoms with E-state index in [1.165, 1.54) is 13.1 Å². The highest BCUT2D eigenvalue weighted by Gasteiger charge is 2.51. The van der Waals surface area contributed by atoms with Crippen LogP contribution in [0.1, 0.15) is 37.3 Å². The van der Waals surface area contributed by atoms with Crippen molar-refractivity contribution in [1.29, 1.82) is 0 Å². The van der Waals surface area contributed by atoms with Gasteiger partial charge in [-0.25, -0.2) is 0 Å². The number of benzene rings is 3. The van der Waals surface area contributed by atoms with E-state index in [1.54, 1.807) is 0 Å². The quantitative estimate of drug-likeness (QED) is 0.252. The van der Waals surface area contributed by atoms with Crippen molar-refractivity contribution < 1.29 is 40.5 Å². The molecule has 4 heterocycles. The number of quaternary nitrogens is 1. The molecule has 194 valence electrons. The monoisotopic (exact) mass is 563 g/mol. The molecule has 3 aromatic rings. The molecule has 6 heteroatoms. The molecule has 0 aromatic heterocycles. The van der Waals surface area contributed by atoms with Crippen LogP contribution >= 0.6 is 0 Å². The minimum atomic E-state index is -0.897. The predicted molar refractivity (Wildman–Crippen MR) is 138 cm³/mol. The summed E-state index contributed by atoms with van der Waals surface area (Å²) in [6.07, 6.45) is 3.18. The Labute approximate surface area is 229 Å². The SMILES string of the molecule is CC1(C(=O)O[C@H]2C[N+]3(CCCOc4ccccc4)CCC2CC3)c2ccccc2Oc2ccccc21.[Br-]. The van der Waals surface area contributed by atoms with Gasteiger partial charge in [-0.15, -0.1) is 0 Å². The Bertz CT molecular complexity index is 1190. The third-order valence-corrected chi connectivity index (χ3v) is 8.57. The average Bonchev–Trinajstić information content (AvgIpc) is 2.92. The van der Waals surface area contributed by atoms with E-state index in [9.17, 15) is 4.79 Å². The van der Waals surface area contributed by atoms with Gasteiger partial charge in [0.25, 0.3) is 0 Å². The van der Waals surface area contributed by atoms with E-state index in [0.717, 1.165) is 65.2 Å². The molecule has 3 fully saturated rings. The van der Waals surface area contributed by atoms with Crippen LogP contribution in [0.3, 0.4) is 0 Å². The number of piperidine rings is 3. The van der Waals surface area contributed by atoms with Crippen LogP contribution in [-0.4, -0.2) is 49.3 Å². The lowest BCUT2D eigenvalue weighted by molar-refractivity contribution is -0.946. The molecule has 37 heavy (non-hydrogen) atoms. The largest absolute Gasteiger partial charge is 1.00 e. The normalized spacial score (nSPS) is 24.6. The second kappa shape index (κ2) is 10.5. The smallest absolute Gasteiger partial charge is 0.321 e. The second-order valence-corrected chi connectivity index (χ2v) is 10.7. The molecule has 7 rings (SSSR count). The van der Waals surface area contributed by atoms with Crippen molar-refractivity contribution >= 4 is 5.97 Å². The van der Waals surface area contributed by atoms with E-state index in [0.29, 0.717) is 12.5 Å². The van der Waals surface area contributed by atoms with Crippen LogP contribution in [-0.2, 0) is 14.9 Å². The maximum atomic E-state index is 14.0. The zero-order chi connectivity index (χ0) is 24.6. The molecule has 0 unspecified atom stereocenters. The summed E-state index contributed by atoms with van der Waals surface area (Å²) < 4.78 is 19.6. The molecule has 0 N–H and O–H groups in total. The zero-order valence-electron chi connectivity index (χ0n) is 21.3. The molecule has 5 nitrogen and oxygen atoms in total. The topological polar surface area (TPSA) is 44.8 Å². The van der Waals surface area contributed by atoms with Gasteiger partial charge in [-0.3, -0.25) is 4.79 Å². The highest BCUT2D eigenvalue weighted by atomic mass is 79.9. The molecule has 4 aliphatic heterocycles. The number of carbonyl (C=O) groups is 1. The van der Waals surface area contributed by atoms with E-state index in [4.69, 9.17) is 14.2 Å². The van der Waals surface area contributed by atoms with Crippen LogP contribution in [0.5, 0.6) is 17.2 Å². The molecule has 0 spiro atoms. The lowest BCUT2D eigenvalue weighted by Crippen LogP contribution is -3.00. The van der Waals surface area contributed by atoms with Gasteiger partial charge in [-0.05, 0) is 31.2 Å². The Morgan fingerprint density at radius 3 is 2.16 bits per heavy atom. The summed E-state index contributed by atoms with van der Waals surface area (Å²) in [6.45, 7) is 7.00. The Hall–Kier alpha value is -2.83. The Balaban J connectivity index is 0.00000280. The van der Waals surface area contributed by atoms with Gasteiger partial charge in [-0.1, -0.05) is 54.6 Å². The van der Waals surface area contributed by atoms with E-state index in [-0.39, 0.29) is 29.1 Å². The predicted octanol–water partition coefficient (Wildman–Crippen LogP) is 2.72. The Morgan fingerprint density at radius 1 is 0.919 bits per heavy atom. The molecule has 1 atom stereocenters. The van der Waals surface area contributed by atoms with Crippen molar-refractivity contribution in [1.82, 2.24) is 0 Å². The van der Waals surface area contributed by atoms with E-state index >= 15 is 0 Å². The number of halogens is 1. The van der Waals surface area contributed by atoms with Gasteiger partial charge in [0.2, 0.25) is 0 Å². The molecule has 0 amide bonds. The third-order valence-electron chi connectivity index (χ3n) is 8.57. The molecule has 3 aromatic carbocycles. The van der Waals surface area contributed by atoms with Gasteiger partial charge in [0, 0.05) is 36.3 Å². The second-order valence-electron chi connectivity index (χ2n) is 10.7. The Morgan fingerprint density at radius 2 is 1.51 bits per heavy atom. The van der Waals surface area contributed by atoms with Crippen molar-refractivity contribution in [2.75, 3.05) is 32.8 Å². The van der Waals surface area contributed by atoms with Crippen LogP contribution in [0.15, 0.2) is 78.9 Å². The van der Waals surface area contributed by atoms with Gasteiger partial charge >= 0.3 is 5.97 Å². The zero-order valence-corrected chi connectivity index (χ0v) is 22.9. The van der Waals surface area contributed by atoms with Crippen molar-refractivity contribution in [2.24, 2.45) is 5.92 Å². The first-order valence-corrected chi connectivity index (χ1v) is 13.2. The summed E-state index contributed by atoms with van der Waals surface area (Å²) in [7, 11) is 0. The molecule has 4 aliphatic rings. The minimum absolute atomic E-state index is 0. The van der Waals surface area contributed by atoms with Crippen molar-refractivity contribution in [3.05, 3.63) is 90.0 Å². The lowest BCUT2D eigenvalue weighted by atomic mass is 9.73. The maximum absolute atomic E-state index is 14.0. The fourth-order valence-electron chi connectivity index (χ4n) is 6.45. The summed E-state index contributed by atoms with van der Waals surface area (Å²) in [4.78, 5) is 14.0. The summed E-state index contributed by atoms with van der Waals surface area (Å²) in [5, 5.41) is 0. The molecular formula is C31H34BrNO4. The first kappa shape index (κ1) is 25.8. The number of para-hydroxylation sites is 3. The Kier molecular flexibility index (Phi) is 7.32. The molecule has 0 radical (unpaired) electrons. The summed E-state index contributed by atoms with van der Waals surface area (Å²) >= 11 is 0. The number of rotatable bonds is 7. The van der Waals surface area contributed by atoms with Crippen LogP contribution in [0, 0.1) is 5.92 Å². The summed E-state index contributed by atoms with van der Waals surface area (Å²) in [6, 6.07) is 25.7. The number of ether oxygens (including phenoxy) is 3. The van der Waals surface area contributed by atoms with Crippen molar-refractivity contribution in [3.8, 4) is 17.2 Å². The highest BCUT2D eigenvalue weighted by molar-refractivity contribution is 5.90. The molecule has 0 saturated carbocycles. The van der Waals surface area contributed by atoms with Gasteiger partial charge in [-0.2, -0.15) is 0 Å². The maximum Gasteiger partial charge on any atom is 0.321 e. The molecular weight excluding hydrogens is 530 g/mol. The summed E-state index contributed by atoms with van der Waals surface area (Å²) in [5.41, 5.74) is 0.847. The first-order chi connectivity index (χ1) is 17.6. The van der Waals surface area contributed by atoms with Crippen LogP contribution in [0.25, 0.3) is 0 Å². The number of hydrogen-bond donors (Lipinski definition) is 0. The molecule has 3 saturated heterocycles. The van der Waals surface area contributed by atoms with Crippen LogP contribution in [0.4, 0.5) is 0 Å². The molecule has 0 aliphatic carbocycles. The number of hydrogen-bond acceptors (Lipinski definition) is 4. The van der Waals surface area contributed by atoms with E-state index in [2.05, 4.69) is 0 Å². The first-order valence-electron chi connectivity index (χ1n) is 13.2. The average molecular weight is 565 g/mol. The van der Waals surface area contributed by atoms with Gasteiger partial charge in [0.1, 0.15) is 29.2 Å². The number of nitrogens with zero attached hydrogens (tertiary/aromatic N) is 1.